The third-order valence-electron chi connectivity index (χ3n) is 5.33. The Kier molecular flexibility index (Phi) is 5.31. The van der Waals surface area contributed by atoms with E-state index in [2.05, 4.69) is 13.8 Å². The minimum Gasteiger partial charge on any atom is -0.361 e. The predicted octanol–water partition coefficient (Wildman–Crippen LogP) is 2.70. The van der Waals surface area contributed by atoms with Crippen molar-refractivity contribution in [3.05, 3.63) is 0 Å². The quantitative estimate of drug-likeness (QED) is 0.868. The first-order chi connectivity index (χ1) is 9.87. The molecule has 21 heavy (non-hydrogen) atoms. The third kappa shape index (κ3) is 4.19. The van der Waals surface area contributed by atoms with E-state index in [1.54, 1.807) is 0 Å². The molecule has 1 saturated carbocycles. The van der Waals surface area contributed by atoms with Gasteiger partial charge in [0, 0.05) is 19.6 Å². The summed E-state index contributed by atoms with van der Waals surface area (Å²) < 4.78 is 6.22. The van der Waals surface area contributed by atoms with Crippen molar-refractivity contribution in [3.63, 3.8) is 0 Å². The SMILES string of the molecule is CC(OC1(CN)CCC(C)(C)CC1)C(=O)N1CCCCC1. The Morgan fingerprint density at radius 3 is 2.24 bits per heavy atom. The molecule has 1 heterocycles. The molecular formula is C17H32N2O2. The number of hydrogen-bond donors (Lipinski definition) is 1. The zero-order chi connectivity index (χ0) is 15.5. The van der Waals surface area contributed by atoms with Gasteiger partial charge in [-0.3, -0.25) is 4.79 Å². The maximum absolute atomic E-state index is 12.5. The molecule has 0 radical (unpaired) electrons. The Labute approximate surface area is 129 Å². The third-order valence-corrected chi connectivity index (χ3v) is 5.33. The van der Waals surface area contributed by atoms with Crippen LogP contribution in [-0.2, 0) is 9.53 Å². The average Bonchev–Trinajstić information content (AvgIpc) is 2.50. The van der Waals surface area contributed by atoms with Gasteiger partial charge in [-0.1, -0.05) is 13.8 Å². The molecule has 2 rings (SSSR count). The molecule has 1 amide bonds. The normalized spacial score (nSPS) is 26.4. The molecule has 1 aliphatic carbocycles. The Balaban J connectivity index is 1.93. The van der Waals surface area contributed by atoms with Gasteiger partial charge in [0.2, 0.25) is 0 Å². The lowest BCUT2D eigenvalue weighted by atomic mass is 9.71. The van der Waals surface area contributed by atoms with E-state index in [9.17, 15) is 4.79 Å². The van der Waals surface area contributed by atoms with Gasteiger partial charge in [0.1, 0.15) is 6.10 Å². The molecule has 0 aromatic rings. The topological polar surface area (TPSA) is 55.6 Å². The lowest BCUT2D eigenvalue weighted by molar-refractivity contribution is -0.162. The average molecular weight is 296 g/mol. The number of piperidine rings is 1. The highest BCUT2D eigenvalue weighted by molar-refractivity contribution is 5.80. The maximum Gasteiger partial charge on any atom is 0.251 e. The lowest BCUT2D eigenvalue weighted by Crippen LogP contribution is -2.51. The molecule has 0 bridgehead atoms. The van der Waals surface area contributed by atoms with E-state index in [1.165, 1.54) is 6.42 Å². The van der Waals surface area contributed by atoms with Crippen LogP contribution in [0, 0.1) is 5.41 Å². The fraction of sp³-hybridized carbons (Fsp3) is 0.941. The molecule has 4 nitrogen and oxygen atoms in total. The molecule has 1 atom stereocenters. The van der Waals surface area contributed by atoms with E-state index in [-0.39, 0.29) is 17.6 Å². The molecule has 0 aromatic heterocycles. The predicted molar refractivity (Wildman–Crippen MR) is 85.0 cm³/mol. The van der Waals surface area contributed by atoms with Gasteiger partial charge in [0.25, 0.3) is 5.91 Å². The van der Waals surface area contributed by atoms with Gasteiger partial charge in [-0.05, 0) is 57.3 Å². The van der Waals surface area contributed by atoms with Crippen LogP contribution in [0.4, 0.5) is 0 Å². The molecule has 1 aliphatic heterocycles. The van der Waals surface area contributed by atoms with Crippen LogP contribution in [0.5, 0.6) is 0 Å². The number of amides is 1. The minimum absolute atomic E-state index is 0.146. The number of carbonyl (C=O) groups is 1. The Morgan fingerprint density at radius 1 is 1.14 bits per heavy atom. The molecule has 0 aromatic carbocycles. The number of rotatable bonds is 4. The first-order valence-corrected chi connectivity index (χ1v) is 8.54. The summed E-state index contributed by atoms with van der Waals surface area (Å²) in [6.45, 7) is 8.78. The van der Waals surface area contributed by atoms with Gasteiger partial charge in [0.15, 0.2) is 0 Å². The molecule has 2 aliphatic rings. The fourth-order valence-electron chi connectivity index (χ4n) is 3.55. The number of nitrogens with zero attached hydrogens (tertiary/aromatic N) is 1. The summed E-state index contributed by atoms with van der Waals surface area (Å²) in [5.41, 5.74) is 6.09. The van der Waals surface area contributed by atoms with Crippen LogP contribution in [0.2, 0.25) is 0 Å². The summed E-state index contributed by atoms with van der Waals surface area (Å²) in [6.07, 6.45) is 7.28. The van der Waals surface area contributed by atoms with Crippen LogP contribution < -0.4 is 5.73 Å². The van der Waals surface area contributed by atoms with E-state index >= 15 is 0 Å². The van der Waals surface area contributed by atoms with Gasteiger partial charge in [-0.2, -0.15) is 0 Å². The zero-order valence-corrected chi connectivity index (χ0v) is 14.0. The van der Waals surface area contributed by atoms with E-state index in [1.807, 2.05) is 11.8 Å². The highest BCUT2D eigenvalue weighted by atomic mass is 16.5. The zero-order valence-electron chi connectivity index (χ0n) is 14.0. The van der Waals surface area contributed by atoms with Crippen LogP contribution in [0.1, 0.15) is 65.7 Å². The van der Waals surface area contributed by atoms with Crippen molar-refractivity contribution in [1.82, 2.24) is 4.90 Å². The van der Waals surface area contributed by atoms with Gasteiger partial charge in [-0.15, -0.1) is 0 Å². The summed E-state index contributed by atoms with van der Waals surface area (Å²) >= 11 is 0. The van der Waals surface area contributed by atoms with Crippen LogP contribution in [0.25, 0.3) is 0 Å². The lowest BCUT2D eigenvalue weighted by Gasteiger charge is -2.44. The monoisotopic (exact) mass is 296 g/mol. The van der Waals surface area contributed by atoms with E-state index in [4.69, 9.17) is 10.5 Å². The second-order valence-corrected chi connectivity index (χ2v) is 7.70. The minimum atomic E-state index is -0.368. The summed E-state index contributed by atoms with van der Waals surface area (Å²) in [7, 11) is 0. The van der Waals surface area contributed by atoms with Crippen molar-refractivity contribution in [2.24, 2.45) is 11.1 Å². The molecule has 122 valence electrons. The van der Waals surface area contributed by atoms with Crippen molar-refractivity contribution < 1.29 is 9.53 Å². The molecular weight excluding hydrogens is 264 g/mol. The fourth-order valence-corrected chi connectivity index (χ4v) is 3.55. The smallest absolute Gasteiger partial charge is 0.251 e. The molecule has 1 saturated heterocycles. The van der Waals surface area contributed by atoms with Crippen LogP contribution in [0.3, 0.4) is 0 Å². The van der Waals surface area contributed by atoms with Gasteiger partial charge < -0.3 is 15.4 Å². The van der Waals surface area contributed by atoms with E-state index in [0.717, 1.165) is 51.6 Å². The second-order valence-electron chi connectivity index (χ2n) is 7.70. The summed E-state index contributed by atoms with van der Waals surface area (Å²) in [4.78, 5) is 14.5. The number of hydrogen-bond acceptors (Lipinski definition) is 3. The maximum atomic E-state index is 12.5. The molecule has 2 N–H and O–H groups in total. The van der Waals surface area contributed by atoms with Crippen molar-refractivity contribution in [2.75, 3.05) is 19.6 Å². The molecule has 0 spiro atoms. The number of likely N-dealkylation sites (tertiary alicyclic amines) is 1. The van der Waals surface area contributed by atoms with Gasteiger partial charge in [-0.25, -0.2) is 0 Å². The number of carbonyl (C=O) groups excluding carboxylic acids is 1. The summed E-state index contributed by atoms with van der Waals surface area (Å²) in [5.74, 6) is 0.146. The summed E-state index contributed by atoms with van der Waals surface area (Å²) in [6, 6.07) is 0. The largest absolute Gasteiger partial charge is 0.361 e. The van der Waals surface area contributed by atoms with Crippen molar-refractivity contribution >= 4 is 5.91 Å². The second kappa shape index (κ2) is 6.66. The van der Waals surface area contributed by atoms with Crippen molar-refractivity contribution in [1.29, 1.82) is 0 Å². The first kappa shape index (κ1) is 16.8. The van der Waals surface area contributed by atoms with Crippen molar-refractivity contribution in [2.45, 2.75) is 77.4 Å². The van der Waals surface area contributed by atoms with Crippen molar-refractivity contribution in [3.8, 4) is 0 Å². The standard InChI is InChI=1S/C17H32N2O2/c1-14(15(20)19-11-5-4-6-12-19)21-17(13-18)9-7-16(2,3)8-10-17/h14H,4-13,18H2,1-3H3. The molecule has 4 heteroatoms. The molecule has 1 unspecified atom stereocenters. The first-order valence-electron chi connectivity index (χ1n) is 8.54. The Bertz CT molecular complexity index is 352. The van der Waals surface area contributed by atoms with E-state index in [0.29, 0.717) is 12.0 Å². The Hall–Kier alpha value is -0.610. The number of ether oxygens (including phenoxy) is 1. The van der Waals surface area contributed by atoms with Gasteiger partial charge >= 0.3 is 0 Å². The highest BCUT2D eigenvalue weighted by Gasteiger charge is 2.40. The van der Waals surface area contributed by atoms with Crippen LogP contribution >= 0.6 is 0 Å². The van der Waals surface area contributed by atoms with E-state index < -0.39 is 0 Å². The molecule has 2 fully saturated rings. The highest BCUT2D eigenvalue weighted by Crippen LogP contribution is 2.42. The van der Waals surface area contributed by atoms with Gasteiger partial charge in [0.05, 0.1) is 5.60 Å². The van der Waals surface area contributed by atoms with Crippen LogP contribution in [0.15, 0.2) is 0 Å². The van der Waals surface area contributed by atoms with Crippen LogP contribution in [-0.4, -0.2) is 42.1 Å². The summed E-state index contributed by atoms with van der Waals surface area (Å²) in [5, 5.41) is 0. The Morgan fingerprint density at radius 2 is 1.71 bits per heavy atom. The number of nitrogens with two attached hydrogens (primary N) is 1.